The molecule has 0 saturated carbocycles. The maximum absolute atomic E-state index is 11.2. The summed E-state index contributed by atoms with van der Waals surface area (Å²) >= 11 is 0. The topological polar surface area (TPSA) is 17.1 Å². The molecule has 13 heavy (non-hydrogen) atoms. The lowest BCUT2D eigenvalue weighted by molar-refractivity contribution is -0.116. The van der Waals surface area contributed by atoms with Gasteiger partial charge in [-0.25, -0.2) is 0 Å². The first-order chi connectivity index (χ1) is 5.99. The van der Waals surface area contributed by atoms with Crippen LogP contribution < -0.4 is 0 Å². The van der Waals surface area contributed by atoms with Crippen molar-refractivity contribution in [2.45, 2.75) is 20.3 Å². The van der Waals surface area contributed by atoms with E-state index in [2.05, 4.69) is 20.1 Å². The molecule has 0 radical (unpaired) electrons. The first kappa shape index (κ1) is 9.97. The minimum absolute atomic E-state index is 0.141. The molecule has 0 bridgehead atoms. The molecular formula is C12H16O. The zero-order valence-corrected chi connectivity index (χ0v) is 8.34. The number of carbonyl (C=O) groups excluding carboxylic acids is 1. The number of rotatable bonds is 2. The normalized spacial score (nSPS) is 33.1. The molecule has 1 nitrogen and oxygen atoms in total. The van der Waals surface area contributed by atoms with Gasteiger partial charge in [-0.15, -0.1) is 6.58 Å². The van der Waals surface area contributed by atoms with E-state index in [0.717, 1.165) is 5.57 Å². The summed E-state index contributed by atoms with van der Waals surface area (Å²) in [6.45, 7) is 11.8. The third kappa shape index (κ3) is 1.80. The Morgan fingerprint density at radius 3 is 2.85 bits per heavy atom. The molecule has 2 atom stereocenters. The van der Waals surface area contributed by atoms with E-state index in [1.54, 1.807) is 6.08 Å². The van der Waals surface area contributed by atoms with Gasteiger partial charge in [-0.3, -0.25) is 4.79 Å². The second-order valence-electron chi connectivity index (χ2n) is 4.04. The van der Waals surface area contributed by atoms with Crippen molar-refractivity contribution in [1.29, 1.82) is 0 Å². The summed E-state index contributed by atoms with van der Waals surface area (Å²) in [5, 5.41) is 0. The molecule has 1 aliphatic rings. The molecule has 0 aromatic carbocycles. The summed E-state index contributed by atoms with van der Waals surface area (Å²) in [5.74, 6) is 0.433. The smallest absolute Gasteiger partial charge is 0.156 e. The first-order valence-electron chi connectivity index (χ1n) is 4.49. The zero-order valence-electron chi connectivity index (χ0n) is 8.34. The lowest BCUT2D eigenvalue weighted by Gasteiger charge is -2.35. The van der Waals surface area contributed by atoms with Gasteiger partial charge in [0.15, 0.2) is 5.78 Å². The number of hydrogen-bond donors (Lipinski definition) is 0. The minimum atomic E-state index is -0.141. The van der Waals surface area contributed by atoms with E-state index in [1.165, 1.54) is 0 Å². The molecule has 1 rings (SSSR count). The summed E-state index contributed by atoms with van der Waals surface area (Å²) in [5.41, 5.74) is 0.948. The van der Waals surface area contributed by atoms with Gasteiger partial charge in [0.25, 0.3) is 0 Å². The van der Waals surface area contributed by atoms with Crippen LogP contribution in [0.2, 0.25) is 0 Å². The van der Waals surface area contributed by atoms with Crippen LogP contribution in [-0.2, 0) is 4.79 Å². The van der Waals surface area contributed by atoms with Gasteiger partial charge < -0.3 is 0 Å². The van der Waals surface area contributed by atoms with Crippen LogP contribution >= 0.6 is 0 Å². The largest absolute Gasteiger partial charge is 0.295 e. The lowest BCUT2D eigenvalue weighted by Crippen LogP contribution is -2.30. The van der Waals surface area contributed by atoms with Crippen LogP contribution in [-0.4, -0.2) is 5.78 Å². The quantitative estimate of drug-likeness (QED) is 0.591. The number of hydrogen-bond acceptors (Lipinski definition) is 1. The molecule has 70 valence electrons. The third-order valence-corrected chi connectivity index (χ3v) is 2.74. The molecule has 0 aromatic rings. The SMILES string of the molecule is C=C[C@]1(C)CC(=O)C=C[C@H]1C(=C)C. The van der Waals surface area contributed by atoms with Crippen LogP contribution in [0.4, 0.5) is 0 Å². The average molecular weight is 176 g/mol. The van der Waals surface area contributed by atoms with Crippen molar-refractivity contribution in [2.24, 2.45) is 11.3 Å². The standard InChI is InChI=1S/C12H16O/c1-5-12(4)8-10(13)6-7-11(12)9(2)3/h5-7,11H,1-2,8H2,3-4H3/t11-,12+/m0/s1. The van der Waals surface area contributed by atoms with Crippen molar-refractivity contribution in [3.8, 4) is 0 Å². The summed E-state index contributed by atoms with van der Waals surface area (Å²) in [6.07, 6.45) is 6.01. The van der Waals surface area contributed by atoms with E-state index < -0.39 is 0 Å². The van der Waals surface area contributed by atoms with Gasteiger partial charge in [-0.05, 0) is 13.0 Å². The fourth-order valence-electron chi connectivity index (χ4n) is 1.89. The highest BCUT2D eigenvalue weighted by atomic mass is 16.1. The van der Waals surface area contributed by atoms with Gasteiger partial charge >= 0.3 is 0 Å². The molecule has 0 heterocycles. The van der Waals surface area contributed by atoms with Crippen molar-refractivity contribution in [1.82, 2.24) is 0 Å². The van der Waals surface area contributed by atoms with Gasteiger partial charge in [0.05, 0.1) is 0 Å². The molecule has 0 spiro atoms. The molecule has 0 amide bonds. The van der Waals surface area contributed by atoms with Crippen molar-refractivity contribution in [2.75, 3.05) is 0 Å². The van der Waals surface area contributed by atoms with Gasteiger partial charge in [-0.1, -0.05) is 31.2 Å². The fourth-order valence-corrected chi connectivity index (χ4v) is 1.89. The molecule has 0 aliphatic heterocycles. The number of ketones is 1. The van der Waals surface area contributed by atoms with Crippen LogP contribution in [0.3, 0.4) is 0 Å². The highest BCUT2D eigenvalue weighted by Gasteiger charge is 2.34. The van der Waals surface area contributed by atoms with Crippen LogP contribution in [0, 0.1) is 11.3 Å². The van der Waals surface area contributed by atoms with Crippen molar-refractivity contribution in [3.63, 3.8) is 0 Å². The fraction of sp³-hybridized carbons (Fsp3) is 0.417. The molecular weight excluding hydrogens is 160 g/mol. The summed E-state index contributed by atoms with van der Waals surface area (Å²) in [4.78, 5) is 11.2. The van der Waals surface area contributed by atoms with E-state index in [0.29, 0.717) is 6.42 Å². The summed E-state index contributed by atoms with van der Waals surface area (Å²) < 4.78 is 0. The van der Waals surface area contributed by atoms with E-state index >= 15 is 0 Å². The molecule has 0 N–H and O–H groups in total. The van der Waals surface area contributed by atoms with Gasteiger partial charge in [0.2, 0.25) is 0 Å². The van der Waals surface area contributed by atoms with Gasteiger partial charge in [-0.2, -0.15) is 0 Å². The van der Waals surface area contributed by atoms with Crippen LogP contribution in [0.1, 0.15) is 20.3 Å². The predicted molar refractivity (Wildman–Crippen MR) is 55.4 cm³/mol. The molecule has 0 saturated heterocycles. The Morgan fingerprint density at radius 2 is 2.38 bits per heavy atom. The van der Waals surface area contributed by atoms with Crippen LogP contribution in [0.15, 0.2) is 37.0 Å². The maximum Gasteiger partial charge on any atom is 0.156 e. The van der Waals surface area contributed by atoms with E-state index in [-0.39, 0.29) is 17.1 Å². The highest BCUT2D eigenvalue weighted by Crippen LogP contribution is 2.40. The molecule has 1 aliphatic carbocycles. The Labute approximate surface area is 79.8 Å². The Hall–Kier alpha value is -1.11. The average Bonchev–Trinajstić information content (AvgIpc) is 2.03. The Balaban J connectivity index is 3.05. The van der Waals surface area contributed by atoms with E-state index in [4.69, 9.17) is 0 Å². The monoisotopic (exact) mass is 176 g/mol. The molecule has 1 heteroatoms. The minimum Gasteiger partial charge on any atom is -0.295 e. The molecule has 0 fully saturated rings. The summed E-state index contributed by atoms with van der Waals surface area (Å²) in [7, 11) is 0. The zero-order chi connectivity index (χ0) is 10.1. The third-order valence-electron chi connectivity index (χ3n) is 2.74. The summed E-state index contributed by atoms with van der Waals surface area (Å²) in [6, 6.07) is 0. The second kappa shape index (κ2) is 3.33. The van der Waals surface area contributed by atoms with E-state index in [1.807, 2.05) is 19.1 Å². The van der Waals surface area contributed by atoms with E-state index in [9.17, 15) is 4.79 Å². The number of allylic oxidation sites excluding steroid dienone is 4. The maximum atomic E-state index is 11.2. The van der Waals surface area contributed by atoms with Crippen molar-refractivity contribution >= 4 is 5.78 Å². The Kier molecular flexibility index (Phi) is 2.55. The van der Waals surface area contributed by atoms with Gasteiger partial charge in [0, 0.05) is 17.8 Å². The van der Waals surface area contributed by atoms with Crippen molar-refractivity contribution < 1.29 is 4.79 Å². The molecule has 0 unspecified atom stereocenters. The lowest BCUT2D eigenvalue weighted by atomic mass is 9.68. The Morgan fingerprint density at radius 1 is 1.77 bits per heavy atom. The Bertz CT molecular complexity index is 285. The first-order valence-corrected chi connectivity index (χ1v) is 4.49. The molecule has 0 aromatic heterocycles. The number of carbonyl (C=O) groups is 1. The highest BCUT2D eigenvalue weighted by molar-refractivity contribution is 5.91. The van der Waals surface area contributed by atoms with Crippen LogP contribution in [0.25, 0.3) is 0 Å². The predicted octanol–water partition coefficient (Wildman–Crippen LogP) is 2.90. The van der Waals surface area contributed by atoms with Crippen LogP contribution in [0.5, 0.6) is 0 Å². The van der Waals surface area contributed by atoms with Gasteiger partial charge in [0.1, 0.15) is 0 Å². The second-order valence-corrected chi connectivity index (χ2v) is 4.04. The van der Waals surface area contributed by atoms with Crippen molar-refractivity contribution in [3.05, 3.63) is 37.0 Å².